The molecule has 5 rings (SSSR count). The number of amidine groups is 1. The summed E-state index contributed by atoms with van der Waals surface area (Å²) < 4.78 is 2.14. The Balaban J connectivity index is 1.25. The number of carbonyl (C=O) groups excluding carboxylic acids is 1. The summed E-state index contributed by atoms with van der Waals surface area (Å²) in [6.07, 6.45) is 8.07. The molecule has 1 fully saturated rings. The van der Waals surface area contributed by atoms with Crippen molar-refractivity contribution in [2.45, 2.75) is 30.7 Å². The van der Waals surface area contributed by atoms with Crippen LogP contribution < -0.4 is 20.9 Å². The van der Waals surface area contributed by atoms with Gasteiger partial charge in [0.1, 0.15) is 12.7 Å². The van der Waals surface area contributed by atoms with Crippen molar-refractivity contribution in [2.75, 3.05) is 17.2 Å². The Morgan fingerprint density at radius 2 is 2.13 bits per heavy atom. The Morgan fingerprint density at radius 3 is 2.87 bits per heavy atom. The van der Waals surface area contributed by atoms with Gasteiger partial charge in [0.25, 0.3) is 0 Å². The van der Waals surface area contributed by atoms with E-state index in [1.165, 1.54) is 0 Å². The highest BCUT2D eigenvalue weighted by Crippen LogP contribution is 2.26. The maximum Gasteiger partial charge on any atom is 0.319 e. The Morgan fingerprint density at radius 1 is 1.30 bits per heavy atom. The average Bonchev–Trinajstić information content (AvgIpc) is 3.22. The van der Waals surface area contributed by atoms with Gasteiger partial charge in [-0.1, -0.05) is 0 Å². The molecular weight excluding hydrogens is 400 g/mol. The van der Waals surface area contributed by atoms with Crippen LogP contribution in [-0.2, 0) is 0 Å². The number of aromatic amines is 1. The quantitative estimate of drug-likeness (QED) is 0.458. The summed E-state index contributed by atoms with van der Waals surface area (Å²) >= 11 is 1.62. The molecular formula is C20H23N8OS+. The van der Waals surface area contributed by atoms with Crippen LogP contribution in [0.15, 0.2) is 64.6 Å². The van der Waals surface area contributed by atoms with E-state index in [-0.39, 0.29) is 6.03 Å². The predicted molar refractivity (Wildman–Crippen MR) is 117 cm³/mol. The molecule has 5 N–H and O–H groups in total. The van der Waals surface area contributed by atoms with Crippen molar-refractivity contribution < 1.29 is 9.69 Å². The number of benzene rings is 1. The number of hydrogen-bond donors (Lipinski definition) is 5. The van der Waals surface area contributed by atoms with Crippen LogP contribution in [-0.4, -0.2) is 39.0 Å². The summed E-state index contributed by atoms with van der Waals surface area (Å²) in [7, 11) is 0. The van der Waals surface area contributed by atoms with E-state index < -0.39 is 0 Å². The molecule has 3 aliphatic rings. The number of aliphatic imine (C=N–C) groups is 1. The largest absolute Gasteiger partial charge is 0.335 e. The van der Waals surface area contributed by atoms with E-state index in [1.807, 2.05) is 49.7 Å². The maximum absolute atomic E-state index is 11.9. The molecule has 0 saturated heterocycles. The number of amides is 2. The van der Waals surface area contributed by atoms with Gasteiger partial charge in [0.15, 0.2) is 5.82 Å². The summed E-state index contributed by atoms with van der Waals surface area (Å²) in [6.45, 7) is 2.68. The molecule has 10 heteroatoms. The minimum Gasteiger partial charge on any atom is -0.335 e. The fraction of sp³-hybridized carbons (Fsp3) is 0.250. The lowest BCUT2D eigenvalue weighted by Crippen LogP contribution is -3.10. The zero-order chi connectivity index (χ0) is 20.5. The zero-order valence-corrected chi connectivity index (χ0v) is 17.3. The fourth-order valence-electron chi connectivity index (χ4n) is 3.24. The highest BCUT2D eigenvalue weighted by Gasteiger charge is 2.32. The van der Waals surface area contributed by atoms with E-state index in [4.69, 9.17) is 0 Å². The molecule has 1 saturated carbocycles. The van der Waals surface area contributed by atoms with Crippen LogP contribution in [0.2, 0.25) is 0 Å². The molecule has 3 heterocycles. The fourth-order valence-corrected chi connectivity index (χ4v) is 4.11. The molecule has 0 spiro atoms. The molecule has 1 unspecified atom stereocenters. The second-order valence-corrected chi connectivity index (χ2v) is 8.60. The first-order chi connectivity index (χ1) is 14.6. The Kier molecular flexibility index (Phi) is 4.93. The minimum atomic E-state index is -0.143. The number of aromatic nitrogens is 2. The van der Waals surface area contributed by atoms with Crippen molar-refractivity contribution in [3.8, 4) is 0 Å². The number of anilines is 2. The first-order valence-corrected chi connectivity index (χ1v) is 10.6. The summed E-state index contributed by atoms with van der Waals surface area (Å²) in [5.74, 6) is 2.76. The third-order valence-corrected chi connectivity index (χ3v) is 5.82. The molecule has 2 aliphatic heterocycles. The van der Waals surface area contributed by atoms with Gasteiger partial charge in [0.05, 0.1) is 12.4 Å². The zero-order valence-electron chi connectivity index (χ0n) is 16.5. The van der Waals surface area contributed by atoms with E-state index in [0.717, 1.165) is 51.5 Å². The lowest BCUT2D eigenvalue weighted by Gasteiger charge is -2.27. The van der Waals surface area contributed by atoms with Crippen LogP contribution in [0.1, 0.15) is 18.5 Å². The number of aryl methyl sites for hydroxylation is 1. The van der Waals surface area contributed by atoms with E-state index in [9.17, 15) is 4.79 Å². The molecule has 0 bridgehead atoms. The molecule has 2 aromatic rings. The molecule has 1 aromatic heterocycles. The highest BCUT2D eigenvalue weighted by atomic mass is 32.2. The minimum absolute atomic E-state index is 0.143. The first-order valence-electron chi connectivity index (χ1n) is 9.86. The van der Waals surface area contributed by atoms with Crippen LogP contribution in [0, 0.1) is 6.92 Å². The van der Waals surface area contributed by atoms with Crippen molar-refractivity contribution in [1.82, 2.24) is 19.8 Å². The number of urea groups is 1. The number of fused-ring (bicyclic) bond motifs is 1. The summed E-state index contributed by atoms with van der Waals surface area (Å²) in [6, 6.07) is 10.0. The van der Waals surface area contributed by atoms with Crippen molar-refractivity contribution >= 4 is 35.3 Å². The van der Waals surface area contributed by atoms with E-state index >= 15 is 0 Å². The maximum atomic E-state index is 11.9. The number of H-pyrrole nitrogens is 1. The number of nitrogens with zero attached hydrogens (tertiary/aromatic N) is 3. The van der Waals surface area contributed by atoms with Crippen molar-refractivity contribution in [3.63, 3.8) is 0 Å². The van der Waals surface area contributed by atoms with Crippen LogP contribution >= 0.6 is 11.9 Å². The third kappa shape index (κ3) is 4.34. The normalized spacial score (nSPS) is 19.8. The molecule has 154 valence electrons. The highest BCUT2D eigenvalue weighted by molar-refractivity contribution is 7.97. The SMILES string of the molecule is Cc1cc(NC2=CN(Sc3ccc(NC(=O)NC4CC4)cc3)CC3=NC=C[NH+]23)n[nH]1. The van der Waals surface area contributed by atoms with Crippen LogP contribution in [0.5, 0.6) is 0 Å². The third-order valence-electron chi connectivity index (χ3n) is 4.87. The van der Waals surface area contributed by atoms with Crippen molar-refractivity contribution in [1.29, 1.82) is 0 Å². The summed E-state index contributed by atoms with van der Waals surface area (Å²) in [5, 5.41) is 16.4. The molecule has 1 atom stereocenters. The van der Waals surface area contributed by atoms with E-state index in [1.54, 1.807) is 11.9 Å². The van der Waals surface area contributed by atoms with Gasteiger partial charge >= 0.3 is 6.03 Å². The number of quaternary nitrogens is 1. The number of nitrogens with one attached hydrogen (secondary N) is 5. The van der Waals surface area contributed by atoms with Crippen LogP contribution in [0.3, 0.4) is 0 Å². The summed E-state index contributed by atoms with van der Waals surface area (Å²) in [5.41, 5.74) is 1.78. The van der Waals surface area contributed by atoms with E-state index in [2.05, 4.69) is 41.6 Å². The second-order valence-electron chi connectivity index (χ2n) is 7.47. The molecule has 1 aliphatic carbocycles. The van der Waals surface area contributed by atoms with Gasteiger partial charge in [-0.05, 0) is 56.0 Å². The molecule has 0 radical (unpaired) electrons. The standard InChI is InChI=1S/C20H22N8OS/c1-13-10-17(26-25-13)24-19-12-27(11-18-21-8-9-28(18)19)30-16-6-4-15(5-7-16)23-20(29)22-14-2-3-14/h4-10,12,14H,2-3,11H2,1H3,(H2,22,23,29)(H2,24,25,26)/p+1. The second kappa shape index (κ2) is 7.88. The van der Waals surface area contributed by atoms with Gasteiger partial charge in [-0.3, -0.25) is 14.7 Å². The molecule has 30 heavy (non-hydrogen) atoms. The van der Waals surface area contributed by atoms with Gasteiger partial charge < -0.3 is 10.6 Å². The van der Waals surface area contributed by atoms with Gasteiger partial charge in [-0.15, -0.1) is 0 Å². The Hall–Kier alpha value is -3.24. The van der Waals surface area contributed by atoms with Crippen LogP contribution in [0.25, 0.3) is 0 Å². The summed E-state index contributed by atoms with van der Waals surface area (Å²) in [4.78, 5) is 18.5. The average molecular weight is 424 g/mol. The van der Waals surface area contributed by atoms with Gasteiger partial charge in [0.2, 0.25) is 11.7 Å². The number of hydrogen-bond acceptors (Lipinski definition) is 6. The molecule has 2 amide bonds. The molecule has 9 nitrogen and oxygen atoms in total. The lowest BCUT2D eigenvalue weighted by atomic mass is 10.3. The first kappa shape index (κ1) is 18.8. The van der Waals surface area contributed by atoms with Gasteiger partial charge in [0, 0.05) is 28.4 Å². The molecule has 1 aromatic carbocycles. The van der Waals surface area contributed by atoms with Gasteiger partial charge in [-0.2, -0.15) is 5.10 Å². The predicted octanol–water partition coefficient (Wildman–Crippen LogP) is 2.00. The van der Waals surface area contributed by atoms with Crippen molar-refractivity contribution in [3.05, 3.63) is 60.4 Å². The van der Waals surface area contributed by atoms with Crippen molar-refractivity contribution in [2.24, 2.45) is 4.99 Å². The van der Waals surface area contributed by atoms with E-state index in [0.29, 0.717) is 12.6 Å². The Labute approximate surface area is 178 Å². The Bertz CT molecular complexity index is 1040. The number of carbonyl (C=O) groups is 1. The number of rotatable bonds is 6. The van der Waals surface area contributed by atoms with Gasteiger partial charge in [-0.25, -0.2) is 14.7 Å². The smallest absolute Gasteiger partial charge is 0.319 e. The topological polar surface area (TPSA) is 102 Å². The lowest BCUT2D eigenvalue weighted by molar-refractivity contribution is -0.699. The van der Waals surface area contributed by atoms with Crippen LogP contribution in [0.4, 0.5) is 16.3 Å². The monoisotopic (exact) mass is 423 g/mol.